The van der Waals surface area contributed by atoms with Gasteiger partial charge >= 0.3 is 0 Å². The monoisotopic (exact) mass is 280 g/mol. The van der Waals surface area contributed by atoms with E-state index in [1.807, 2.05) is 34.6 Å². The van der Waals surface area contributed by atoms with Gasteiger partial charge in [0.1, 0.15) is 0 Å². The highest BCUT2D eigenvalue weighted by atomic mass is 16.2. The molecule has 114 valence electrons. The summed E-state index contributed by atoms with van der Waals surface area (Å²) >= 11 is 0. The summed E-state index contributed by atoms with van der Waals surface area (Å²) in [5.74, 6) is -0.0655. The van der Waals surface area contributed by atoms with E-state index in [1.54, 1.807) is 12.2 Å². The number of nitrogens with one attached hydrogen (secondary N) is 2. The molecule has 20 heavy (non-hydrogen) atoms. The maximum atomic E-state index is 11.5. The molecule has 4 nitrogen and oxygen atoms in total. The predicted molar refractivity (Wildman–Crippen MR) is 83.3 cm³/mol. The Balaban J connectivity index is 3.70. The minimum Gasteiger partial charge on any atom is -0.353 e. The molecule has 0 radical (unpaired) electrons. The fourth-order valence-electron chi connectivity index (χ4n) is 1.72. The Morgan fingerprint density at radius 3 is 2.05 bits per heavy atom. The third-order valence-electron chi connectivity index (χ3n) is 2.59. The van der Waals surface area contributed by atoms with Crippen molar-refractivity contribution in [3.05, 3.63) is 23.3 Å². The van der Waals surface area contributed by atoms with E-state index in [0.29, 0.717) is 6.54 Å². The lowest BCUT2D eigenvalue weighted by Gasteiger charge is -2.12. The van der Waals surface area contributed by atoms with Gasteiger partial charge < -0.3 is 10.6 Å². The first-order valence-electron chi connectivity index (χ1n) is 7.19. The molecule has 2 N–H and O–H groups in total. The molecule has 0 saturated carbocycles. The van der Waals surface area contributed by atoms with E-state index in [1.165, 1.54) is 0 Å². The Bertz CT molecular complexity index is 376. The summed E-state index contributed by atoms with van der Waals surface area (Å²) in [7, 11) is 0. The average molecular weight is 280 g/mol. The summed E-state index contributed by atoms with van der Waals surface area (Å²) in [6, 6.07) is 0.159. The highest BCUT2D eigenvalue weighted by molar-refractivity contribution is 5.88. The molecule has 0 aromatic carbocycles. The van der Waals surface area contributed by atoms with Crippen molar-refractivity contribution in [2.45, 2.75) is 59.9 Å². The topological polar surface area (TPSA) is 58.2 Å². The molecule has 1 atom stereocenters. The largest absolute Gasteiger partial charge is 0.353 e. The Labute approximate surface area is 122 Å². The number of unbranched alkanes of at least 4 members (excludes halogenated alkanes) is 1. The second kappa shape index (κ2) is 10.2. The van der Waals surface area contributed by atoms with Gasteiger partial charge in [0.05, 0.1) is 0 Å². The minimum absolute atomic E-state index is 0.0325. The second-order valence-electron chi connectivity index (χ2n) is 5.64. The molecule has 0 aliphatic rings. The van der Waals surface area contributed by atoms with Crippen molar-refractivity contribution < 1.29 is 9.59 Å². The van der Waals surface area contributed by atoms with Gasteiger partial charge in [0, 0.05) is 24.7 Å². The van der Waals surface area contributed by atoms with Crippen molar-refractivity contribution in [2.75, 3.05) is 6.54 Å². The van der Waals surface area contributed by atoms with Gasteiger partial charge in [-0.1, -0.05) is 11.1 Å². The van der Waals surface area contributed by atoms with Gasteiger partial charge in [0.15, 0.2) is 0 Å². The molecule has 0 aromatic heterocycles. The van der Waals surface area contributed by atoms with Gasteiger partial charge in [-0.15, -0.1) is 0 Å². The number of allylic oxidation sites excluding steroid dienone is 2. The maximum Gasteiger partial charge on any atom is 0.244 e. The van der Waals surface area contributed by atoms with Crippen LogP contribution >= 0.6 is 0 Å². The van der Waals surface area contributed by atoms with Crippen LogP contribution in [0.2, 0.25) is 0 Å². The SMILES string of the molecule is CC(C)=CC(=O)NCCCC[C@@H](C)NC(=O)C=C(C)C. The lowest BCUT2D eigenvalue weighted by Crippen LogP contribution is -2.31. The second-order valence-corrected chi connectivity index (χ2v) is 5.64. The number of rotatable bonds is 8. The fourth-order valence-corrected chi connectivity index (χ4v) is 1.72. The highest BCUT2D eigenvalue weighted by Gasteiger charge is 2.04. The quantitative estimate of drug-likeness (QED) is 0.530. The molecule has 4 heteroatoms. The molecule has 0 spiro atoms. The van der Waals surface area contributed by atoms with E-state index < -0.39 is 0 Å². The first-order valence-corrected chi connectivity index (χ1v) is 7.19. The zero-order valence-corrected chi connectivity index (χ0v) is 13.4. The summed E-state index contributed by atoms with van der Waals surface area (Å²) in [4.78, 5) is 22.8. The number of hydrogen-bond donors (Lipinski definition) is 2. The van der Waals surface area contributed by atoms with Crippen LogP contribution in [0, 0.1) is 0 Å². The molecule has 0 heterocycles. The van der Waals surface area contributed by atoms with Crippen LogP contribution in [0.25, 0.3) is 0 Å². The van der Waals surface area contributed by atoms with Crippen LogP contribution in [0.4, 0.5) is 0 Å². The fraction of sp³-hybridized carbons (Fsp3) is 0.625. The van der Waals surface area contributed by atoms with E-state index in [4.69, 9.17) is 0 Å². The Morgan fingerprint density at radius 2 is 1.50 bits per heavy atom. The van der Waals surface area contributed by atoms with Crippen LogP contribution < -0.4 is 10.6 Å². The van der Waals surface area contributed by atoms with Gasteiger partial charge in [0.25, 0.3) is 0 Å². The van der Waals surface area contributed by atoms with Crippen LogP contribution in [0.5, 0.6) is 0 Å². The molecule has 0 aliphatic carbocycles. The maximum absolute atomic E-state index is 11.5. The average Bonchev–Trinajstić information content (AvgIpc) is 2.25. The molecule has 2 amide bonds. The van der Waals surface area contributed by atoms with Crippen LogP contribution in [-0.2, 0) is 9.59 Å². The van der Waals surface area contributed by atoms with Crippen LogP contribution in [0.3, 0.4) is 0 Å². The minimum atomic E-state index is -0.0330. The molecule has 0 saturated heterocycles. The third-order valence-corrected chi connectivity index (χ3v) is 2.59. The molecular formula is C16H28N2O2. The number of carbonyl (C=O) groups is 2. The Kier molecular flexibility index (Phi) is 9.43. The molecule has 0 fully saturated rings. The number of amides is 2. The molecule has 0 unspecified atom stereocenters. The van der Waals surface area contributed by atoms with E-state index in [2.05, 4.69) is 10.6 Å². The van der Waals surface area contributed by atoms with E-state index in [0.717, 1.165) is 30.4 Å². The molecule has 0 aliphatic heterocycles. The zero-order valence-electron chi connectivity index (χ0n) is 13.4. The first-order chi connectivity index (χ1) is 9.31. The first kappa shape index (κ1) is 18.4. The predicted octanol–water partition coefficient (Wildman–Crippen LogP) is 2.71. The highest BCUT2D eigenvalue weighted by Crippen LogP contribution is 2.00. The van der Waals surface area contributed by atoms with Gasteiger partial charge in [-0.3, -0.25) is 9.59 Å². The standard InChI is InChI=1S/C16H28N2O2/c1-12(2)10-15(19)17-9-7-6-8-14(5)18-16(20)11-13(3)4/h10-11,14H,6-9H2,1-5H3,(H,17,19)(H,18,20)/t14-/m1/s1. The van der Waals surface area contributed by atoms with Crippen molar-refractivity contribution >= 4 is 11.8 Å². The van der Waals surface area contributed by atoms with Crippen molar-refractivity contribution in [1.29, 1.82) is 0 Å². The van der Waals surface area contributed by atoms with E-state index >= 15 is 0 Å². The van der Waals surface area contributed by atoms with Crippen molar-refractivity contribution in [3.63, 3.8) is 0 Å². The van der Waals surface area contributed by atoms with Gasteiger partial charge in [-0.05, 0) is 53.9 Å². The lowest BCUT2D eigenvalue weighted by atomic mass is 10.1. The van der Waals surface area contributed by atoms with Crippen LogP contribution in [0.1, 0.15) is 53.9 Å². The van der Waals surface area contributed by atoms with E-state index in [9.17, 15) is 9.59 Å². The zero-order chi connectivity index (χ0) is 15.5. The summed E-state index contributed by atoms with van der Waals surface area (Å²) in [6.45, 7) is 10.3. The van der Waals surface area contributed by atoms with E-state index in [-0.39, 0.29) is 17.9 Å². The van der Waals surface area contributed by atoms with Crippen molar-refractivity contribution in [3.8, 4) is 0 Å². The normalized spacial score (nSPS) is 11.2. The van der Waals surface area contributed by atoms with Gasteiger partial charge in [-0.2, -0.15) is 0 Å². The lowest BCUT2D eigenvalue weighted by molar-refractivity contribution is -0.117. The summed E-state index contributed by atoms with van der Waals surface area (Å²) < 4.78 is 0. The van der Waals surface area contributed by atoms with Gasteiger partial charge in [-0.25, -0.2) is 0 Å². The Hall–Kier alpha value is -1.58. The van der Waals surface area contributed by atoms with Gasteiger partial charge in [0.2, 0.25) is 11.8 Å². The van der Waals surface area contributed by atoms with Crippen LogP contribution in [0.15, 0.2) is 23.3 Å². The smallest absolute Gasteiger partial charge is 0.244 e. The summed E-state index contributed by atoms with van der Waals surface area (Å²) in [6.07, 6.45) is 6.02. The van der Waals surface area contributed by atoms with Crippen LogP contribution in [-0.4, -0.2) is 24.4 Å². The molecule has 0 bridgehead atoms. The third kappa shape index (κ3) is 11.5. The molecular weight excluding hydrogens is 252 g/mol. The van der Waals surface area contributed by atoms with Crippen molar-refractivity contribution in [1.82, 2.24) is 10.6 Å². The van der Waals surface area contributed by atoms with Crippen molar-refractivity contribution in [2.24, 2.45) is 0 Å². The molecule has 0 rings (SSSR count). The number of carbonyl (C=O) groups excluding carboxylic acids is 2. The summed E-state index contributed by atoms with van der Waals surface area (Å²) in [5, 5.41) is 5.77. The molecule has 0 aromatic rings. The Morgan fingerprint density at radius 1 is 0.950 bits per heavy atom. The number of hydrogen-bond acceptors (Lipinski definition) is 2. The summed E-state index contributed by atoms with van der Waals surface area (Å²) in [5.41, 5.74) is 2.00.